The van der Waals surface area contributed by atoms with E-state index >= 15 is 0 Å². The molecule has 0 unspecified atom stereocenters. The number of hydrogen-bond acceptors (Lipinski definition) is 4. The lowest BCUT2D eigenvalue weighted by atomic mass is 10.3. The molecule has 5 nitrogen and oxygen atoms in total. The summed E-state index contributed by atoms with van der Waals surface area (Å²) in [6.07, 6.45) is -0.0879. The summed E-state index contributed by atoms with van der Waals surface area (Å²) in [5.74, 6) is 0.650. The third-order valence-electron chi connectivity index (χ3n) is 2.77. The van der Waals surface area contributed by atoms with Crippen molar-refractivity contribution in [1.29, 1.82) is 0 Å². The molecule has 2 rings (SSSR count). The Bertz CT molecular complexity index is 440. The first-order valence-electron chi connectivity index (χ1n) is 6.14. The molecule has 104 valence electrons. The Kier molecular flexibility index (Phi) is 4.87. The average molecular weight is 286 g/mol. The number of cyclic esters (lactones) is 1. The molecule has 0 saturated carbocycles. The van der Waals surface area contributed by atoms with Crippen LogP contribution in [0.1, 0.15) is 6.42 Å². The quantitative estimate of drug-likeness (QED) is 0.867. The number of carbonyl (C=O) groups is 1. The van der Waals surface area contributed by atoms with E-state index in [2.05, 4.69) is 0 Å². The number of rotatable bonds is 6. The van der Waals surface area contributed by atoms with Crippen LogP contribution in [-0.2, 0) is 4.74 Å². The monoisotopic (exact) mass is 285 g/mol. The molecule has 1 fully saturated rings. The Balaban J connectivity index is 1.80. The minimum atomic E-state index is -0.354. The molecule has 6 heteroatoms. The predicted octanol–water partition coefficient (Wildman–Crippen LogP) is 1.92. The highest BCUT2D eigenvalue weighted by atomic mass is 35.5. The van der Waals surface area contributed by atoms with Crippen LogP contribution in [0.4, 0.5) is 4.79 Å². The first-order chi connectivity index (χ1) is 9.19. The number of aliphatic hydroxyl groups excluding tert-OH is 1. The minimum absolute atomic E-state index is 0.0630. The van der Waals surface area contributed by atoms with Crippen LogP contribution in [-0.4, -0.2) is 48.5 Å². The van der Waals surface area contributed by atoms with Crippen molar-refractivity contribution in [2.45, 2.75) is 12.5 Å². The molecule has 1 aliphatic heterocycles. The summed E-state index contributed by atoms with van der Waals surface area (Å²) in [6.45, 7) is 1.34. The Morgan fingerprint density at radius 1 is 1.53 bits per heavy atom. The van der Waals surface area contributed by atoms with Gasteiger partial charge in [-0.05, 0) is 24.6 Å². The number of amides is 1. The maximum absolute atomic E-state index is 11.5. The van der Waals surface area contributed by atoms with Gasteiger partial charge in [0.1, 0.15) is 12.4 Å². The van der Waals surface area contributed by atoms with Crippen LogP contribution < -0.4 is 4.74 Å². The third-order valence-corrected chi connectivity index (χ3v) is 3.00. The summed E-state index contributed by atoms with van der Waals surface area (Å²) in [7, 11) is 0. The van der Waals surface area contributed by atoms with E-state index in [1.807, 2.05) is 0 Å². The molecule has 0 spiro atoms. The van der Waals surface area contributed by atoms with Crippen molar-refractivity contribution < 1.29 is 19.4 Å². The molecule has 1 atom stereocenters. The predicted molar refractivity (Wildman–Crippen MR) is 70.5 cm³/mol. The first kappa shape index (κ1) is 14.0. The van der Waals surface area contributed by atoms with Gasteiger partial charge in [-0.15, -0.1) is 0 Å². The standard InChI is InChI=1S/C13H16ClNO4/c14-10-3-1-4-11(7-10)18-9-12-8-15(5-2-6-16)13(17)19-12/h1,3-4,7,12,16H,2,5-6,8-9H2/t12-/m0/s1. The van der Waals surface area contributed by atoms with Crippen molar-refractivity contribution in [1.82, 2.24) is 4.90 Å². The Hall–Kier alpha value is -1.46. The summed E-state index contributed by atoms with van der Waals surface area (Å²) in [5, 5.41) is 9.34. The van der Waals surface area contributed by atoms with Crippen molar-refractivity contribution in [3.8, 4) is 5.75 Å². The summed E-state index contributed by atoms with van der Waals surface area (Å²) < 4.78 is 10.7. The molecule has 1 heterocycles. The average Bonchev–Trinajstić information content (AvgIpc) is 2.75. The molecule has 1 aromatic rings. The van der Waals surface area contributed by atoms with Gasteiger partial charge in [0.05, 0.1) is 6.54 Å². The van der Waals surface area contributed by atoms with Gasteiger partial charge in [0.15, 0.2) is 6.10 Å². The zero-order chi connectivity index (χ0) is 13.7. The van der Waals surface area contributed by atoms with Crippen molar-refractivity contribution in [3.63, 3.8) is 0 Å². The summed E-state index contributed by atoms with van der Waals surface area (Å²) >= 11 is 5.85. The molecule has 0 radical (unpaired) electrons. The normalized spacial score (nSPS) is 18.5. The minimum Gasteiger partial charge on any atom is -0.490 e. The van der Waals surface area contributed by atoms with Crippen molar-refractivity contribution in [3.05, 3.63) is 29.3 Å². The van der Waals surface area contributed by atoms with Crippen LogP contribution in [0.3, 0.4) is 0 Å². The number of aliphatic hydroxyl groups is 1. The van der Waals surface area contributed by atoms with Gasteiger partial charge in [-0.25, -0.2) is 4.79 Å². The molecule has 19 heavy (non-hydrogen) atoms. The molecule has 1 saturated heterocycles. The second-order valence-corrected chi connectivity index (χ2v) is 4.73. The van der Waals surface area contributed by atoms with Crippen LogP contribution in [0.5, 0.6) is 5.75 Å². The first-order valence-corrected chi connectivity index (χ1v) is 6.51. The summed E-state index contributed by atoms with van der Waals surface area (Å²) in [4.78, 5) is 13.1. The number of benzene rings is 1. The summed E-state index contributed by atoms with van der Waals surface area (Å²) in [6, 6.07) is 7.07. The van der Waals surface area contributed by atoms with Crippen LogP contribution >= 0.6 is 11.6 Å². The number of nitrogens with zero attached hydrogens (tertiary/aromatic N) is 1. The van der Waals surface area contributed by atoms with Crippen molar-refractivity contribution in [2.24, 2.45) is 0 Å². The fourth-order valence-corrected chi connectivity index (χ4v) is 2.03. The van der Waals surface area contributed by atoms with Crippen molar-refractivity contribution >= 4 is 17.7 Å². The second-order valence-electron chi connectivity index (χ2n) is 4.30. The smallest absolute Gasteiger partial charge is 0.410 e. The highest BCUT2D eigenvalue weighted by molar-refractivity contribution is 6.30. The van der Waals surface area contributed by atoms with Crippen LogP contribution in [0.15, 0.2) is 24.3 Å². The van der Waals surface area contributed by atoms with E-state index in [0.717, 1.165) is 0 Å². The van der Waals surface area contributed by atoms with Crippen LogP contribution in [0.2, 0.25) is 5.02 Å². The maximum Gasteiger partial charge on any atom is 0.410 e. The molecule has 1 aromatic carbocycles. The Morgan fingerprint density at radius 3 is 3.11 bits per heavy atom. The van der Waals surface area contributed by atoms with Crippen LogP contribution in [0, 0.1) is 0 Å². The van der Waals surface area contributed by atoms with E-state index in [0.29, 0.717) is 36.9 Å². The van der Waals surface area contributed by atoms with E-state index in [1.54, 1.807) is 29.2 Å². The fourth-order valence-electron chi connectivity index (χ4n) is 1.85. The Labute approximate surface area is 116 Å². The molecular formula is C13H16ClNO4. The zero-order valence-electron chi connectivity index (χ0n) is 10.4. The summed E-state index contributed by atoms with van der Waals surface area (Å²) in [5.41, 5.74) is 0. The molecule has 1 amide bonds. The van der Waals surface area contributed by atoms with E-state index in [-0.39, 0.29) is 18.8 Å². The number of carbonyl (C=O) groups excluding carboxylic acids is 1. The molecule has 1 aliphatic rings. The SMILES string of the molecule is O=C1O[C@H](COc2cccc(Cl)c2)CN1CCCO. The largest absolute Gasteiger partial charge is 0.490 e. The Morgan fingerprint density at radius 2 is 2.37 bits per heavy atom. The van der Waals surface area contributed by atoms with Gasteiger partial charge >= 0.3 is 6.09 Å². The number of ether oxygens (including phenoxy) is 2. The maximum atomic E-state index is 11.5. The molecular weight excluding hydrogens is 270 g/mol. The molecule has 0 bridgehead atoms. The zero-order valence-corrected chi connectivity index (χ0v) is 11.2. The van der Waals surface area contributed by atoms with E-state index in [4.69, 9.17) is 26.2 Å². The van der Waals surface area contributed by atoms with Gasteiger partial charge in [-0.1, -0.05) is 17.7 Å². The van der Waals surface area contributed by atoms with Gasteiger partial charge < -0.3 is 19.5 Å². The molecule has 0 aliphatic carbocycles. The third kappa shape index (κ3) is 4.01. The van der Waals surface area contributed by atoms with Gasteiger partial charge in [0.2, 0.25) is 0 Å². The van der Waals surface area contributed by atoms with E-state index in [9.17, 15) is 4.79 Å². The molecule has 1 N–H and O–H groups in total. The molecule has 0 aromatic heterocycles. The fraction of sp³-hybridized carbons (Fsp3) is 0.462. The lowest BCUT2D eigenvalue weighted by Gasteiger charge is -2.12. The van der Waals surface area contributed by atoms with E-state index in [1.165, 1.54) is 0 Å². The van der Waals surface area contributed by atoms with Gasteiger partial charge in [-0.2, -0.15) is 0 Å². The van der Waals surface area contributed by atoms with Gasteiger partial charge in [-0.3, -0.25) is 0 Å². The highest BCUT2D eigenvalue weighted by Gasteiger charge is 2.31. The lowest BCUT2D eigenvalue weighted by molar-refractivity contribution is 0.102. The lowest BCUT2D eigenvalue weighted by Crippen LogP contribution is -2.28. The van der Waals surface area contributed by atoms with Crippen LogP contribution in [0.25, 0.3) is 0 Å². The number of hydrogen-bond donors (Lipinski definition) is 1. The van der Waals surface area contributed by atoms with Crippen molar-refractivity contribution in [2.75, 3.05) is 26.3 Å². The highest BCUT2D eigenvalue weighted by Crippen LogP contribution is 2.19. The van der Waals surface area contributed by atoms with Gasteiger partial charge in [0, 0.05) is 18.2 Å². The topological polar surface area (TPSA) is 59.0 Å². The second kappa shape index (κ2) is 6.63. The van der Waals surface area contributed by atoms with Gasteiger partial charge in [0.25, 0.3) is 0 Å². The van der Waals surface area contributed by atoms with E-state index < -0.39 is 0 Å². The number of halogens is 1.